The summed E-state index contributed by atoms with van der Waals surface area (Å²) in [5.74, 6) is 0.831. The van der Waals surface area contributed by atoms with Crippen LogP contribution in [0.3, 0.4) is 0 Å². The summed E-state index contributed by atoms with van der Waals surface area (Å²) < 4.78 is 5.20. The van der Waals surface area contributed by atoms with Crippen LogP contribution in [-0.2, 0) is 0 Å². The quantitative estimate of drug-likeness (QED) is 0.822. The number of hydrogen-bond acceptors (Lipinski definition) is 3. The van der Waals surface area contributed by atoms with Crippen LogP contribution in [0.2, 0.25) is 0 Å². The lowest BCUT2D eigenvalue weighted by Crippen LogP contribution is -2.28. The summed E-state index contributed by atoms with van der Waals surface area (Å²) in [6, 6.07) is 7.57. The van der Waals surface area contributed by atoms with E-state index < -0.39 is 0 Å². The van der Waals surface area contributed by atoms with Crippen LogP contribution in [0.1, 0.15) is 17.2 Å². The molecule has 1 atom stereocenters. The zero-order valence-electron chi connectivity index (χ0n) is 10.4. The third kappa shape index (κ3) is 2.23. The number of amides is 2. The molecule has 94 valence electrons. The van der Waals surface area contributed by atoms with Gasteiger partial charge in [0.15, 0.2) is 0 Å². The lowest BCUT2D eigenvalue weighted by atomic mass is 10.0. The van der Waals surface area contributed by atoms with Gasteiger partial charge in [0.25, 0.3) is 0 Å². The van der Waals surface area contributed by atoms with Gasteiger partial charge in [-0.05, 0) is 24.1 Å². The molecule has 1 fully saturated rings. The first-order valence-corrected chi connectivity index (χ1v) is 5.72. The van der Waals surface area contributed by atoms with Crippen LogP contribution in [0.5, 0.6) is 5.75 Å². The maximum atomic E-state index is 11.6. The Hall–Kier alpha value is -2.22. The molecule has 0 saturated carbocycles. The van der Waals surface area contributed by atoms with Crippen molar-refractivity contribution in [1.29, 1.82) is 5.26 Å². The van der Waals surface area contributed by atoms with Crippen LogP contribution in [0.4, 0.5) is 4.79 Å². The number of nitriles is 1. The van der Waals surface area contributed by atoms with E-state index in [2.05, 4.69) is 5.32 Å². The minimum atomic E-state index is -0.185. The Kier molecular flexibility index (Phi) is 3.38. The molecule has 1 N–H and O–H groups in total. The van der Waals surface area contributed by atoms with Gasteiger partial charge in [-0.2, -0.15) is 5.26 Å². The first-order chi connectivity index (χ1) is 8.65. The zero-order chi connectivity index (χ0) is 13.1. The largest absolute Gasteiger partial charge is 0.496 e. The molecule has 5 nitrogen and oxygen atoms in total. The SMILES string of the molecule is COc1ccc(C2CN(CC#N)C(=O)N2)cc1C. The third-order valence-corrected chi connectivity index (χ3v) is 3.07. The van der Waals surface area contributed by atoms with Crippen LogP contribution in [-0.4, -0.2) is 31.1 Å². The van der Waals surface area contributed by atoms with Crippen molar-refractivity contribution in [3.63, 3.8) is 0 Å². The Labute approximate surface area is 106 Å². The first kappa shape index (κ1) is 12.2. The molecule has 0 bridgehead atoms. The number of methoxy groups -OCH3 is 1. The van der Waals surface area contributed by atoms with Crippen molar-refractivity contribution in [3.8, 4) is 11.8 Å². The van der Waals surface area contributed by atoms with Crippen molar-refractivity contribution in [2.75, 3.05) is 20.2 Å². The second kappa shape index (κ2) is 4.96. The van der Waals surface area contributed by atoms with E-state index in [9.17, 15) is 4.79 Å². The zero-order valence-corrected chi connectivity index (χ0v) is 10.4. The second-order valence-corrected chi connectivity index (χ2v) is 4.27. The molecule has 1 aromatic carbocycles. The van der Waals surface area contributed by atoms with Gasteiger partial charge >= 0.3 is 6.03 Å². The van der Waals surface area contributed by atoms with Crippen LogP contribution in [0.15, 0.2) is 18.2 Å². The van der Waals surface area contributed by atoms with Crippen LogP contribution in [0, 0.1) is 18.3 Å². The second-order valence-electron chi connectivity index (χ2n) is 4.27. The summed E-state index contributed by atoms with van der Waals surface area (Å²) in [7, 11) is 1.63. The highest BCUT2D eigenvalue weighted by Crippen LogP contribution is 2.25. The molecule has 1 heterocycles. The number of rotatable bonds is 3. The van der Waals surface area contributed by atoms with E-state index in [4.69, 9.17) is 10.00 Å². The molecule has 0 aromatic heterocycles. The fourth-order valence-corrected chi connectivity index (χ4v) is 2.12. The maximum Gasteiger partial charge on any atom is 0.318 e. The smallest absolute Gasteiger partial charge is 0.318 e. The number of aryl methyl sites for hydroxylation is 1. The van der Waals surface area contributed by atoms with Gasteiger partial charge in [0.05, 0.1) is 19.2 Å². The average molecular weight is 245 g/mol. The number of carbonyl (C=O) groups excluding carboxylic acids is 1. The summed E-state index contributed by atoms with van der Waals surface area (Å²) in [5.41, 5.74) is 2.06. The number of benzene rings is 1. The molecule has 0 radical (unpaired) electrons. The Morgan fingerprint density at radius 1 is 1.61 bits per heavy atom. The van der Waals surface area contributed by atoms with Gasteiger partial charge in [-0.3, -0.25) is 0 Å². The number of urea groups is 1. The molecule has 1 aliphatic heterocycles. The van der Waals surface area contributed by atoms with E-state index in [0.717, 1.165) is 16.9 Å². The fourth-order valence-electron chi connectivity index (χ4n) is 2.12. The highest BCUT2D eigenvalue weighted by atomic mass is 16.5. The highest BCUT2D eigenvalue weighted by molar-refractivity contribution is 5.77. The van der Waals surface area contributed by atoms with Crippen molar-refractivity contribution >= 4 is 6.03 Å². The predicted octanol–water partition coefficient (Wildman–Crippen LogP) is 1.59. The van der Waals surface area contributed by atoms with E-state index in [-0.39, 0.29) is 18.6 Å². The highest BCUT2D eigenvalue weighted by Gasteiger charge is 2.29. The molecule has 1 aliphatic rings. The summed E-state index contributed by atoms with van der Waals surface area (Å²) >= 11 is 0. The summed E-state index contributed by atoms with van der Waals surface area (Å²) in [5, 5.41) is 11.5. The third-order valence-electron chi connectivity index (χ3n) is 3.07. The van der Waals surface area contributed by atoms with Gasteiger partial charge in [0.1, 0.15) is 12.3 Å². The minimum Gasteiger partial charge on any atom is -0.496 e. The standard InChI is InChI=1S/C13H15N3O2/c1-9-7-10(3-4-12(9)18-2)11-8-16(6-5-14)13(17)15-11/h3-4,7,11H,6,8H2,1-2H3,(H,15,17). The molecular formula is C13H15N3O2. The Balaban J connectivity index is 2.17. The molecule has 2 rings (SSSR count). The van der Waals surface area contributed by atoms with Crippen molar-refractivity contribution in [1.82, 2.24) is 10.2 Å². The maximum absolute atomic E-state index is 11.6. The number of hydrogen-bond donors (Lipinski definition) is 1. The Morgan fingerprint density at radius 2 is 2.39 bits per heavy atom. The van der Waals surface area contributed by atoms with E-state index in [1.807, 2.05) is 31.2 Å². The van der Waals surface area contributed by atoms with Crippen LogP contribution >= 0.6 is 0 Å². The Bertz CT molecular complexity index is 507. The first-order valence-electron chi connectivity index (χ1n) is 5.72. The molecule has 0 aliphatic carbocycles. The van der Waals surface area contributed by atoms with E-state index in [1.54, 1.807) is 7.11 Å². The van der Waals surface area contributed by atoms with Crippen molar-refractivity contribution < 1.29 is 9.53 Å². The van der Waals surface area contributed by atoms with Gasteiger partial charge in [-0.1, -0.05) is 12.1 Å². The normalized spacial score (nSPS) is 18.4. The number of nitrogens with zero attached hydrogens (tertiary/aromatic N) is 2. The van der Waals surface area contributed by atoms with Gasteiger partial charge in [0.2, 0.25) is 0 Å². The number of carbonyl (C=O) groups is 1. The molecule has 5 heteroatoms. The lowest BCUT2D eigenvalue weighted by Gasteiger charge is -2.13. The molecule has 2 amide bonds. The van der Waals surface area contributed by atoms with Gasteiger partial charge in [-0.15, -0.1) is 0 Å². The molecule has 18 heavy (non-hydrogen) atoms. The molecule has 0 spiro atoms. The van der Waals surface area contributed by atoms with Crippen LogP contribution < -0.4 is 10.1 Å². The molecule has 1 unspecified atom stereocenters. The van der Waals surface area contributed by atoms with Gasteiger partial charge in [-0.25, -0.2) is 4.79 Å². The lowest BCUT2D eigenvalue weighted by molar-refractivity contribution is 0.222. The summed E-state index contributed by atoms with van der Waals surface area (Å²) in [4.78, 5) is 13.1. The number of nitrogens with one attached hydrogen (secondary N) is 1. The van der Waals surface area contributed by atoms with E-state index in [1.165, 1.54) is 4.90 Å². The van der Waals surface area contributed by atoms with Gasteiger partial charge in [0, 0.05) is 6.54 Å². The van der Waals surface area contributed by atoms with Gasteiger partial charge < -0.3 is 15.0 Å². The van der Waals surface area contributed by atoms with Crippen LogP contribution in [0.25, 0.3) is 0 Å². The van der Waals surface area contributed by atoms with E-state index in [0.29, 0.717) is 6.54 Å². The summed E-state index contributed by atoms with van der Waals surface area (Å²) in [6.07, 6.45) is 0. The molecular weight excluding hydrogens is 230 g/mol. The topological polar surface area (TPSA) is 65.4 Å². The minimum absolute atomic E-state index is 0.0598. The molecule has 1 aromatic rings. The van der Waals surface area contributed by atoms with Crippen molar-refractivity contribution in [2.45, 2.75) is 13.0 Å². The van der Waals surface area contributed by atoms with Crippen molar-refractivity contribution in [2.24, 2.45) is 0 Å². The number of ether oxygens (including phenoxy) is 1. The fraction of sp³-hybridized carbons (Fsp3) is 0.385. The van der Waals surface area contributed by atoms with E-state index >= 15 is 0 Å². The monoisotopic (exact) mass is 245 g/mol. The van der Waals surface area contributed by atoms with Crippen molar-refractivity contribution in [3.05, 3.63) is 29.3 Å². The predicted molar refractivity (Wildman–Crippen MR) is 66.2 cm³/mol. The Morgan fingerprint density at radius 3 is 3.00 bits per heavy atom. The average Bonchev–Trinajstić information content (AvgIpc) is 2.71. The molecule has 1 saturated heterocycles. The summed E-state index contributed by atoms with van der Waals surface area (Å²) in [6.45, 7) is 2.61.